The monoisotopic (exact) mass is 237 g/mol. The molecule has 1 rings (SSSR count). The van der Waals surface area contributed by atoms with Gasteiger partial charge in [0.2, 0.25) is 0 Å². The number of carbonyl (C=O) groups excluding carboxylic acids is 1. The van der Waals surface area contributed by atoms with Gasteiger partial charge >= 0.3 is 5.97 Å². The van der Waals surface area contributed by atoms with Crippen LogP contribution in [0.15, 0.2) is 24.3 Å². The molecule has 0 heterocycles. The lowest BCUT2D eigenvalue weighted by Gasteiger charge is -2.11. The third-order valence-corrected chi connectivity index (χ3v) is 2.44. The van der Waals surface area contributed by atoms with Gasteiger partial charge < -0.3 is 15.2 Å². The highest BCUT2D eigenvalue weighted by atomic mass is 16.5. The van der Waals surface area contributed by atoms with E-state index in [1.807, 2.05) is 13.8 Å². The Bertz CT molecular complexity index is 348. The predicted molar refractivity (Wildman–Crippen MR) is 67.2 cm³/mol. The summed E-state index contributed by atoms with van der Waals surface area (Å²) < 4.78 is 5.21. The van der Waals surface area contributed by atoms with Gasteiger partial charge in [0.25, 0.3) is 0 Å². The molecule has 0 aliphatic heterocycles. The van der Waals surface area contributed by atoms with Crippen LogP contribution in [0, 0.1) is 0 Å². The van der Waals surface area contributed by atoms with E-state index in [2.05, 4.69) is 5.32 Å². The zero-order valence-corrected chi connectivity index (χ0v) is 10.3. The minimum atomic E-state index is -0.298. The van der Waals surface area contributed by atoms with E-state index in [9.17, 15) is 4.79 Å². The second-order valence-corrected chi connectivity index (χ2v) is 3.85. The average Bonchev–Trinajstić information content (AvgIpc) is 2.36. The summed E-state index contributed by atoms with van der Waals surface area (Å²) in [5, 5.41) is 11.7. The van der Waals surface area contributed by atoms with E-state index in [1.54, 1.807) is 24.3 Å². The van der Waals surface area contributed by atoms with Crippen LogP contribution in [0.5, 0.6) is 0 Å². The number of rotatable bonds is 6. The molecule has 0 bridgehead atoms. The molecule has 1 aromatic rings. The summed E-state index contributed by atoms with van der Waals surface area (Å²) >= 11 is 0. The van der Waals surface area contributed by atoms with Crippen molar-refractivity contribution < 1.29 is 14.6 Å². The molecule has 0 amide bonds. The Morgan fingerprint density at radius 3 is 2.59 bits per heavy atom. The van der Waals surface area contributed by atoms with Gasteiger partial charge in [-0.1, -0.05) is 6.92 Å². The maximum atomic E-state index is 11.7. The van der Waals surface area contributed by atoms with E-state index >= 15 is 0 Å². The molecule has 0 fully saturated rings. The first-order chi connectivity index (χ1) is 8.17. The molecule has 17 heavy (non-hydrogen) atoms. The van der Waals surface area contributed by atoms with Crippen molar-refractivity contribution >= 4 is 11.7 Å². The Hall–Kier alpha value is -1.55. The molecule has 0 aliphatic rings. The van der Waals surface area contributed by atoms with Crippen LogP contribution in [0.1, 0.15) is 30.6 Å². The van der Waals surface area contributed by atoms with Gasteiger partial charge in [-0.05, 0) is 37.6 Å². The smallest absolute Gasteiger partial charge is 0.338 e. The highest BCUT2D eigenvalue weighted by molar-refractivity contribution is 5.89. The molecule has 1 atom stereocenters. The number of nitrogens with one attached hydrogen (secondary N) is 1. The highest BCUT2D eigenvalue weighted by Gasteiger charge is 2.10. The lowest BCUT2D eigenvalue weighted by Crippen LogP contribution is -2.14. The van der Waals surface area contributed by atoms with Crippen molar-refractivity contribution in [3.8, 4) is 0 Å². The van der Waals surface area contributed by atoms with E-state index in [4.69, 9.17) is 9.84 Å². The molecular weight excluding hydrogens is 218 g/mol. The van der Waals surface area contributed by atoms with Crippen LogP contribution < -0.4 is 5.32 Å². The quantitative estimate of drug-likeness (QED) is 0.743. The van der Waals surface area contributed by atoms with Crippen molar-refractivity contribution in [2.24, 2.45) is 0 Å². The molecule has 1 aromatic carbocycles. The molecule has 4 heteroatoms. The van der Waals surface area contributed by atoms with Crippen molar-refractivity contribution in [1.29, 1.82) is 0 Å². The fourth-order valence-electron chi connectivity index (χ4n) is 1.26. The van der Waals surface area contributed by atoms with Crippen LogP contribution >= 0.6 is 0 Å². The minimum absolute atomic E-state index is 0.0605. The number of esters is 1. The Morgan fingerprint density at radius 1 is 1.41 bits per heavy atom. The van der Waals surface area contributed by atoms with Gasteiger partial charge in [-0.3, -0.25) is 0 Å². The Balaban J connectivity index is 2.57. The molecule has 0 aliphatic carbocycles. The Labute approximate surface area is 102 Å². The van der Waals surface area contributed by atoms with E-state index in [-0.39, 0.29) is 18.7 Å². The van der Waals surface area contributed by atoms with Crippen molar-refractivity contribution in [2.75, 3.05) is 18.5 Å². The number of ether oxygens (including phenoxy) is 1. The van der Waals surface area contributed by atoms with Crippen LogP contribution in [-0.4, -0.2) is 30.3 Å². The van der Waals surface area contributed by atoms with E-state index < -0.39 is 0 Å². The molecule has 1 unspecified atom stereocenters. The predicted octanol–water partition coefficient (Wildman–Crippen LogP) is 2.05. The van der Waals surface area contributed by atoms with Gasteiger partial charge in [-0.15, -0.1) is 0 Å². The van der Waals surface area contributed by atoms with Crippen LogP contribution in [0.2, 0.25) is 0 Å². The Kier molecular flexibility index (Phi) is 5.49. The van der Waals surface area contributed by atoms with E-state index in [1.165, 1.54) is 0 Å². The molecule has 0 aromatic heterocycles. The molecular formula is C13H19NO3. The summed E-state index contributed by atoms with van der Waals surface area (Å²) in [7, 11) is 0. The molecule has 2 N–H and O–H groups in total. The molecule has 4 nitrogen and oxygen atoms in total. The standard InChI is InChI=1S/C13H19NO3/c1-3-10(2)17-13(16)11-4-6-12(7-5-11)14-8-9-15/h4-7,10,14-15H,3,8-9H2,1-2H3. The van der Waals surface area contributed by atoms with Crippen molar-refractivity contribution in [2.45, 2.75) is 26.4 Å². The van der Waals surface area contributed by atoms with Crippen LogP contribution in [0.25, 0.3) is 0 Å². The summed E-state index contributed by atoms with van der Waals surface area (Å²) in [4.78, 5) is 11.7. The zero-order valence-electron chi connectivity index (χ0n) is 10.3. The molecule has 0 spiro atoms. The average molecular weight is 237 g/mol. The maximum absolute atomic E-state index is 11.7. The summed E-state index contributed by atoms with van der Waals surface area (Å²) in [6.07, 6.45) is 0.747. The Morgan fingerprint density at radius 2 is 2.06 bits per heavy atom. The molecule has 0 radical (unpaired) electrons. The van der Waals surface area contributed by atoms with Crippen molar-refractivity contribution in [1.82, 2.24) is 0 Å². The molecule has 0 saturated heterocycles. The largest absolute Gasteiger partial charge is 0.459 e. The number of carbonyl (C=O) groups is 1. The fourth-order valence-corrected chi connectivity index (χ4v) is 1.26. The lowest BCUT2D eigenvalue weighted by molar-refractivity contribution is 0.0334. The van der Waals surface area contributed by atoms with Gasteiger partial charge in [0.05, 0.1) is 18.3 Å². The third kappa shape index (κ3) is 4.44. The minimum Gasteiger partial charge on any atom is -0.459 e. The van der Waals surface area contributed by atoms with Gasteiger partial charge in [0.15, 0.2) is 0 Å². The van der Waals surface area contributed by atoms with Crippen molar-refractivity contribution in [3.63, 3.8) is 0 Å². The van der Waals surface area contributed by atoms with Crippen molar-refractivity contribution in [3.05, 3.63) is 29.8 Å². The van der Waals surface area contributed by atoms with Gasteiger partial charge in [-0.25, -0.2) is 4.79 Å². The SMILES string of the molecule is CCC(C)OC(=O)c1ccc(NCCO)cc1. The van der Waals surface area contributed by atoms with E-state index in [0.717, 1.165) is 12.1 Å². The lowest BCUT2D eigenvalue weighted by atomic mass is 10.2. The summed E-state index contributed by atoms with van der Waals surface area (Å²) in [5.74, 6) is -0.298. The second kappa shape index (κ2) is 6.91. The summed E-state index contributed by atoms with van der Waals surface area (Å²) in [6, 6.07) is 7.01. The van der Waals surface area contributed by atoms with Crippen LogP contribution in [-0.2, 0) is 4.74 Å². The van der Waals surface area contributed by atoms with Crippen LogP contribution in [0.3, 0.4) is 0 Å². The van der Waals surface area contributed by atoms with Gasteiger partial charge in [0, 0.05) is 12.2 Å². The number of aliphatic hydroxyl groups is 1. The fraction of sp³-hybridized carbons (Fsp3) is 0.462. The summed E-state index contributed by atoms with van der Waals surface area (Å²) in [5.41, 5.74) is 1.42. The molecule has 94 valence electrons. The first-order valence-corrected chi connectivity index (χ1v) is 5.83. The third-order valence-electron chi connectivity index (χ3n) is 2.44. The highest BCUT2D eigenvalue weighted by Crippen LogP contribution is 2.11. The zero-order chi connectivity index (χ0) is 12.7. The second-order valence-electron chi connectivity index (χ2n) is 3.85. The first-order valence-electron chi connectivity index (χ1n) is 5.83. The number of hydrogen-bond acceptors (Lipinski definition) is 4. The summed E-state index contributed by atoms with van der Waals surface area (Å²) in [6.45, 7) is 4.42. The van der Waals surface area contributed by atoms with E-state index in [0.29, 0.717) is 12.1 Å². The normalized spacial score (nSPS) is 11.9. The maximum Gasteiger partial charge on any atom is 0.338 e. The molecule has 0 saturated carbocycles. The van der Waals surface area contributed by atoms with Crippen LogP contribution in [0.4, 0.5) is 5.69 Å². The number of anilines is 1. The van der Waals surface area contributed by atoms with Gasteiger partial charge in [-0.2, -0.15) is 0 Å². The number of aliphatic hydroxyl groups excluding tert-OH is 1. The van der Waals surface area contributed by atoms with Gasteiger partial charge in [0.1, 0.15) is 0 Å². The number of hydrogen-bond donors (Lipinski definition) is 2. The number of benzene rings is 1. The first kappa shape index (κ1) is 13.5. The topological polar surface area (TPSA) is 58.6 Å².